The maximum Gasteiger partial charge on any atom is 0.0521 e. The van der Waals surface area contributed by atoms with Crippen molar-refractivity contribution in [1.82, 2.24) is 20.0 Å². The molecule has 0 radical (unpaired) electrons. The van der Waals surface area contributed by atoms with Crippen LogP contribution in [0.4, 0.5) is 0 Å². The van der Waals surface area contributed by atoms with Gasteiger partial charge in [0.15, 0.2) is 0 Å². The van der Waals surface area contributed by atoms with Crippen LogP contribution in [0.5, 0.6) is 0 Å². The standard InChI is InChI=1S/C11H20N4.ClH/c1-9-6-15(7-10(2)13-9)8-11-4-5-12-14(11)3;/h4-5,9-10,13H,6-8H2,1-3H3;1H. The molecule has 1 aromatic heterocycles. The molecule has 1 aliphatic rings. The van der Waals surface area contributed by atoms with Crippen LogP contribution in [0.3, 0.4) is 0 Å². The summed E-state index contributed by atoms with van der Waals surface area (Å²) in [6.45, 7) is 7.73. The van der Waals surface area contributed by atoms with E-state index in [2.05, 4.69) is 35.2 Å². The second-order valence-corrected chi connectivity index (χ2v) is 4.61. The van der Waals surface area contributed by atoms with Gasteiger partial charge in [0.05, 0.1) is 5.69 Å². The van der Waals surface area contributed by atoms with E-state index in [0.717, 1.165) is 19.6 Å². The van der Waals surface area contributed by atoms with E-state index < -0.39 is 0 Å². The Bertz CT molecular complexity index is 316. The van der Waals surface area contributed by atoms with Gasteiger partial charge in [-0.1, -0.05) is 0 Å². The van der Waals surface area contributed by atoms with Gasteiger partial charge in [-0.15, -0.1) is 12.4 Å². The van der Waals surface area contributed by atoms with Crippen LogP contribution in [0.25, 0.3) is 0 Å². The molecule has 1 aromatic rings. The van der Waals surface area contributed by atoms with Crippen LogP contribution in [-0.4, -0.2) is 39.9 Å². The van der Waals surface area contributed by atoms with Crippen molar-refractivity contribution < 1.29 is 0 Å². The lowest BCUT2D eigenvalue weighted by Crippen LogP contribution is -2.53. The lowest BCUT2D eigenvalue weighted by atomic mass is 10.1. The molecular formula is C11H21ClN4. The Morgan fingerprint density at radius 3 is 2.50 bits per heavy atom. The van der Waals surface area contributed by atoms with Crippen molar-refractivity contribution in [3.8, 4) is 0 Å². The maximum absolute atomic E-state index is 4.19. The summed E-state index contributed by atoms with van der Waals surface area (Å²) in [4.78, 5) is 2.49. The second kappa shape index (κ2) is 5.66. The molecule has 2 atom stereocenters. The van der Waals surface area contributed by atoms with Crippen molar-refractivity contribution in [1.29, 1.82) is 0 Å². The number of aryl methyl sites for hydroxylation is 1. The van der Waals surface area contributed by atoms with Crippen LogP contribution in [-0.2, 0) is 13.6 Å². The van der Waals surface area contributed by atoms with Gasteiger partial charge in [-0.25, -0.2) is 0 Å². The lowest BCUT2D eigenvalue weighted by Gasteiger charge is -2.36. The Kier molecular flexibility index (Phi) is 4.77. The molecular weight excluding hydrogens is 224 g/mol. The summed E-state index contributed by atoms with van der Waals surface area (Å²) < 4.78 is 1.96. The normalized spacial score (nSPS) is 26.4. The molecule has 0 aliphatic carbocycles. The third-order valence-electron chi connectivity index (χ3n) is 2.94. The van der Waals surface area contributed by atoms with E-state index in [0.29, 0.717) is 12.1 Å². The molecule has 2 heterocycles. The van der Waals surface area contributed by atoms with Crippen molar-refractivity contribution in [2.24, 2.45) is 7.05 Å². The number of rotatable bonds is 2. The minimum atomic E-state index is 0. The highest BCUT2D eigenvalue weighted by molar-refractivity contribution is 5.85. The molecule has 16 heavy (non-hydrogen) atoms. The quantitative estimate of drug-likeness (QED) is 0.844. The highest BCUT2D eigenvalue weighted by Crippen LogP contribution is 2.09. The van der Waals surface area contributed by atoms with Gasteiger partial charge in [-0.3, -0.25) is 9.58 Å². The Morgan fingerprint density at radius 1 is 1.38 bits per heavy atom. The molecule has 0 aromatic carbocycles. The number of halogens is 1. The molecule has 92 valence electrons. The summed E-state index contributed by atoms with van der Waals surface area (Å²) in [6.07, 6.45) is 1.87. The van der Waals surface area contributed by atoms with Gasteiger partial charge in [0.1, 0.15) is 0 Å². The number of piperazine rings is 1. The number of nitrogens with zero attached hydrogens (tertiary/aromatic N) is 3. The Hall–Kier alpha value is -0.580. The van der Waals surface area contributed by atoms with E-state index >= 15 is 0 Å². The fourth-order valence-electron chi connectivity index (χ4n) is 2.35. The molecule has 1 N–H and O–H groups in total. The summed E-state index contributed by atoms with van der Waals surface area (Å²) in [6, 6.07) is 3.26. The van der Waals surface area contributed by atoms with Gasteiger partial charge in [0.2, 0.25) is 0 Å². The van der Waals surface area contributed by atoms with Crippen LogP contribution >= 0.6 is 12.4 Å². The highest BCUT2D eigenvalue weighted by atomic mass is 35.5. The molecule has 0 amide bonds. The van der Waals surface area contributed by atoms with Gasteiger partial charge < -0.3 is 5.32 Å². The number of hydrogen-bond donors (Lipinski definition) is 1. The zero-order chi connectivity index (χ0) is 10.8. The average Bonchev–Trinajstić information content (AvgIpc) is 2.50. The first-order valence-corrected chi connectivity index (χ1v) is 5.60. The molecule has 1 fully saturated rings. The van der Waals surface area contributed by atoms with Gasteiger partial charge in [0, 0.05) is 45.0 Å². The number of aromatic nitrogens is 2. The Morgan fingerprint density at radius 2 is 2.00 bits per heavy atom. The van der Waals surface area contributed by atoms with Gasteiger partial charge in [0.25, 0.3) is 0 Å². The summed E-state index contributed by atoms with van der Waals surface area (Å²) in [5.74, 6) is 0. The van der Waals surface area contributed by atoms with E-state index in [1.165, 1.54) is 5.69 Å². The molecule has 0 saturated carbocycles. The number of nitrogens with one attached hydrogen (secondary N) is 1. The van der Waals surface area contributed by atoms with E-state index in [1.54, 1.807) is 0 Å². The fourth-order valence-corrected chi connectivity index (χ4v) is 2.35. The molecule has 0 bridgehead atoms. The van der Waals surface area contributed by atoms with Crippen molar-refractivity contribution in [2.45, 2.75) is 32.5 Å². The molecule has 2 rings (SSSR count). The zero-order valence-electron chi connectivity index (χ0n) is 10.2. The maximum atomic E-state index is 4.19. The summed E-state index contributed by atoms with van der Waals surface area (Å²) in [7, 11) is 2.00. The van der Waals surface area contributed by atoms with Crippen LogP contribution in [0.2, 0.25) is 0 Å². The third kappa shape index (κ3) is 3.20. The monoisotopic (exact) mass is 244 g/mol. The molecule has 4 nitrogen and oxygen atoms in total. The molecule has 5 heteroatoms. The summed E-state index contributed by atoms with van der Waals surface area (Å²) in [5.41, 5.74) is 1.29. The second-order valence-electron chi connectivity index (χ2n) is 4.61. The Labute approximate surface area is 103 Å². The predicted octanol–water partition coefficient (Wildman–Crippen LogP) is 1.02. The van der Waals surface area contributed by atoms with E-state index in [1.807, 2.05) is 17.9 Å². The third-order valence-corrected chi connectivity index (χ3v) is 2.94. The zero-order valence-corrected chi connectivity index (χ0v) is 11.0. The first-order chi connectivity index (χ1) is 7.15. The molecule has 2 unspecified atom stereocenters. The van der Waals surface area contributed by atoms with E-state index in [4.69, 9.17) is 0 Å². The molecule has 1 aliphatic heterocycles. The van der Waals surface area contributed by atoms with Crippen LogP contribution in [0, 0.1) is 0 Å². The summed E-state index contributed by atoms with van der Waals surface area (Å²) >= 11 is 0. The fraction of sp³-hybridized carbons (Fsp3) is 0.727. The predicted molar refractivity (Wildman–Crippen MR) is 67.8 cm³/mol. The largest absolute Gasteiger partial charge is 0.309 e. The van der Waals surface area contributed by atoms with Crippen molar-refractivity contribution >= 4 is 12.4 Å². The number of hydrogen-bond acceptors (Lipinski definition) is 3. The minimum absolute atomic E-state index is 0. The Balaban J connectivity index is 0.00000128. The van der Waals surface area contributed by atoms with Crippen molar-refractivity contribution in [2.75, 3.05) is 13.1 Å². The van der Waals surface area contributed by atoms with Crippen molar-refractivity contribution in [3.63, 3.8) is 0 Å². The van der Waals surface area contributed by atoms with Crippen LogP contribution in [0.15, 0.2) is 12.3 Å². The summed E-state index contributed by atoms with van der Waals surface area (Å²) in [5, 5.41) is 7.73. The van der Waals surface area contributed by atoms with E-state index in [9.17, 15) is 0 Å². The minimum Gasteiger partial charge on any atom is -0.309 e. The molecule has 1 saturated heterocycles. The lowest BCUT2D eigenvalue weighted by molar-refractivity contribution is 0.163. The SMILES string of the molecule is CC1CN(Cc2ccnn2C)CC(C)N1.Cl. The molecule has 0 spiro atoms. The van der Waals surface area contributed by atoms with Gasteiger partial charge >= 0.3 is 0 Å². The first kappa shape index (κ1) is 13.5. The van der Waals surface area contributed by atoms with Crippen LogP contribution in [0.1, 0.15) is 19.5 Å². The average molecular weight is 245 g/mol. The van der Waals surface area contributed by atoms with E-state index in [-0.39, 0.29) is 12.4 Å². The van der Waals surface area contributed by atoms with Crippen molar-refractivity contribution in [3.05, 3.63) is 18.0 Å². The van der Waals surface area contributed by atoms with Crippen LogP contribution < -0.4 is 5.32 Å². The van der Waals surface area contributed by atoms with Gasteiger partial charge in [-0.2, -0.15) is 5.10 Å². The topological polar surface area (TPSA) is 33.1 Å². The first-order valence-electron chi connectivity index (χ1n) is 5.60. The van der Waals surface area contributed by atoms with Gasteiger partial charge in [-0.05, 0) is 19.9 Å². The highest BCUT2D eigenvalue weighted by Gasteiger charge is 2.21. The smallest absolute Gasteiger partial charge is 0.0521 e.